The number of nitrogens with zero attached hydrogens (tertiary/aromatic N) is 1. The number of aromatic nitrogens is 1. The summed E-state index contributed by atoms with van der Waals surface area (Å²) in [5.74, 6) is 0.581. The highest BCUT2D eigenvalue weighted by Gasteiger charge is 2.21. The maximum Gasteiger partial charge on any atom is 0.241 e. The number of pyridine rings is 1. The molecule has 0 radical (unpaired) electrons. The highest BCUT2D eigenvalue weighted by atomic mass is 16.5. The van der Waals surface area contributed by atoms with Gasteiger partial charge in [0.05, 0.1) is 24.5 Å². The van der Waals surface area contributed by atoms with Crippen molar-refractivity contribution in [2.75, 3.05) is 18.5 Å². The lowest BCUT2D eigenvalue weighted by Crippen LogP contribution is -2.35. The quantitative estimate of drug-likeness (QED) is 0.822. The van der Waals surface area contributed by atoms with Crippen LogP contribution in [0.5, 0.6) is 5.88 Å². The van der Waals surface area contributed by atoms with E-state index in [4.69, 9.17) is 4.74 Å². The van der Waals surface area contributed by atoms with Crippen molar-refractivity contribution in [1.29, 1.82) is 0 Å². The Hall–Kier alpha value is -1.62. The highest BCUT2D eigenvalue weighted by Crippen LogP contribution is 2.13. The molecule has 0 bridgehead atoms. The molecule has 2 rings (SSSR count). The van der Waals surface area contributed by atoms with Crippen molar-refractivity contribution in [2.45, 2.75) is 25.8 Å². The summed E-state index contributed by atoms with van der Waals surface area (Å²) < 4.78 is 5.23. The van der Waals surface area contributed by atoms with Crippen molar-refractivity contribution in [1.82, 2.24) is 10.3 Å². The number of ether oxygens (including phenoxy) is 1. The Morgan fingerprint density at radius 3 is 3.12 bits per heavy atom. The fourth-order valence-corrected chi connectivity index (χ4v) is 1.83. The smallest absolute Gasteiger partial charge is 0.241 e. The fraction of sp³-hybridized carbons (Fsp3) is 0.500. The lowest BCUT2D eigenvalue weighted by atomic mass is 10.2. The van der Waals surface area contributed by atoms with Gasteiger partial charge in [0.2, 0.25) is 11.8 Å². The van der Waals surface area contributed by atoms with Crippen LogP contribution in [-0.2, 0) is 4.79 Å². The lowest BCUT2D eigenvalue weighted by molar-refractivity contribution is -0.117. The highest BCUT2D eigenvalue weighted by molar-refractivity contribution is 5.94. The van der Waals surface area contributed by atoms with Crippen LogP contribution < -0.4 is 15.4 Å². The maximum atomic E-state index is 11.8. The number of nitrogens with one attached hydrogen (secondary N) is 2. The van der Waals surface area contributed by atoms with Gasteiger partial charge in [-0.15, -0.1) is 0 Å². The number of hydrogen-bond acceptors (Lipinski definition) is 4. The molecule has 1 aromatic heterocycles. The molecule has 0 saturated carbocycles. The molecule has 1 atom stereocenters. The minimum Gasteiger partial charge on any atom is -0.478 e. The average Bonchev–Trinajstić information content (AvgIpc) is 2.86. The normalized spacial score (nSPS) is 19.0. The monoisotopic (exact) mass is 235 g/mol. The van der Waals surface area contributed by atoms with E-state index in [9.17, 15) is 4.79 Å². The third-order valence-corrected chi connectivity index (χ3v) is 2.67. The number of hydrogen-bond donors (Lipinski definition) is 2. The van der Waals surface area contributed by atoms with E-state index in [0.29, 0.717) is 18.2 Å². The predicted octanol–water partition coefficient (Wildman–Crippen LogP) is 1.17. The van der Waals surface area contributed by atoms with Crippen LogP contribution in [0.2, 0.25) is 0 Å². The molecule has 0 aliphatic carbocycles. The fourth-order valence-electron chi connectivity index (χ4n) is 1.83. The summed E-state index contributed by atoms with van der Waals surface area (Å²) in [7, 11) is 0. The Morgan fingerprint density at radius 1 is 1.65 bits per heavy atom. The van der Waals surface area contributed by atoms with Crippen LogP contribution in [0.15, 0.2) is 18.3 Å². The lowest BCUT2D eigenvalue weighted by Gasteiger charge is -2.11. The Kier molecular flexibility index (Phi) is 3.93. The molecule has 2 heterocycles. The topological polar surface area (TPSA) is 63.2 Å². The van der Waals surface area contributed by atoms with E-state index in [0.717, 1.165) is 19.4 Å². The first kappa shape index (κ1) is 11.9. The molecular formula is C12H17N3O2. The van der Waals surface area contributed by atoms with Crippen LogP contribution in [0.25, 0.3) is 0 Å². The molecule has 0 spiro atoms. The first-order chi connectivity index (χ1) is 8.29. The van der Waals surface area contributed by atoms with Crippen LogP contribution in [0, 0.1) is 0 Å². The SMILES string of the molecule is CCOc1ccc(NC(=O)C2CCCN2)cn1. The summed E-state index contributed by atoms with van der Waals surface area (Å²) in [6, 6.07) is 3.48. The van der Waals surface area contributed by atoms with Gasteiger partial charge in [0.15, 0.2) is 0 Å². The number of rotatable bonds is 4. The van der Waals surface area contributed by atoms with Gasteiger partial charge in [0.1, 0.15) is 0 Å². The summed E-state index contributed by atoms with van der Waals surface area (Å²) in [5, 5.41) is 5.98. The van der Waals surface area contributed by atoms with E-state index in [1.54, 1.807) is 18.3 Å². The summed E-state index contributed by atoms with van der Waals surface area (Å²) in [6.45, 7) is 3.41. The van der Waals surface area contributed by atoms with Crippen LogP contribution in [0.3, 0.4) is 0 Å². The van der Waals surface area contributed by atoms with E-state index in [1.165, 1.54) is 0 Å². The molecule has 92 valence electrons. The molecule has 1 fully saturated rings. The standard InChI is InChI=1S/C12H17N3O2/c1-2-17-11-6-5-9(8-14-11)15-12(16)10-4-3-7-13-10/h5-6,8,10,13H,2-4,7H2,1H3,(H,15,16). The molecule has 5 nitrogen and oxygen atoms in total. The first-order valence-corrected chi connectivity index (χ1v) is 5.92. The van der Waals surface area contributed by atoms with E-state index in [2.05, 4.69) is 15.6 Å². The second kappa shape index (κ2) is 5.63. The van der Waals surface area contributed by atoms with Crippen molar-refractivity contribution in [3.63, 3.8) is 0 Å². The Balaban J connectivity index is 1.91. The third kappa shape index (κ3) is 3.17. The van der Waals surface area contributed by atoms with E-state index in [1.807, 2.05) is 6.92 Å². The van der Waals surface area contributed by atoms with Crippen molar-refractivity contribution in [3.8, 4) is 5.88 Å². The maximum absolute atomic E-state index is 11.8. The molecular weight excluding hydrogens is 218 g/mol. The van der Waals surface area contributed by atoms with Gasteiger partial charge >= 0.3 is 0 Å². The number of carbonyl (C=O) groups excluding carboxylic acids is 1. The van der Waals surface area contributed by atoms with Crippen molar-refractivity contribution in [3.05, 3.63) is 18.3 Å². The van der Waals surface area contributed by atoms with Gasteiger partial charge in [0.25, 0.3) is 0 Å². The van der Waals surface area contributed by atoms with E-state index < -0.39 is 0 Å². The predicted molar refractivity (Wildman–Crippen MR) is 65.1 cm³/mol. The van der Waals surface area contributed by atoms with Gasteiger partial charge in [-0.05, 0) is 32.4 Å². The average molecular weight is 235 g/mol. The first-order valence-electron chi connectivity index (χ1n) is 5.92. The molecule has 1 amide bonds. The zero-order valence-electron chi connectivity index (χ0n) is 9.90. The van der Waals surface area contributed by atoms with Gasteiger partial charge < -0.3 is 15.4 Å². The van der Waals surface area contributed by atoms with E-state index >= 15 is 0 Å². The Bertz CT molecular complexity index is 372. The minimum atomic E-state index is -0.0680. The number of anilines is 1. The molecule has 0 aromatic carbocycles. The van der Waals surface area contributed by atoms with Gasteiger partial charge in [-0.25, -0.2) is 4.98 Å². The van der Waals surface area contributed by atoms with Crippen molar-refractivity contribution < 1.29 is 9.53 Å². The second-order valence-corrected chi connectivity index (χ2v) is 3.96. The van der Waals surface area contributed by atoms with Crippen LogP contribution in [0.1, 0.15) is 19.8 Å². The zero-order chi connectivity index (χ0) is 12.1. The van der Waals surface area contributed by atoms with Gasteiger partial charge in [-0.2, -0.15) is 0 Å². The molecule has 17 heavy (non-hydrogen) atoms. The van der Waals surface area contributed by atoms with Crippen LogP contribution in [0.4, 0.5) is 5.69 Å². The zero-order valence-corrected chi connectivity index (χ0v) is 9.90. The largest absolute Gasteiger partial charge is 0.478 e. The van der Waals surface area contributed by atoms with Gasteiger partial charge in [-0.3, -0.25) is 4.79 Å². The van der Waals surface area contributed by atoms with Crippen LogP contribution >= 0.6 is 0 Å². The summed E-state index contributed by atoms with van der Waals surface area (Å²) in [4.78, 5) is 15.9. The molecule has 2 N–H and O–H groups in total. The third-order valence-electron chi connectivity index (χ3n) is 2.67. The van der Waals surface area contributed by atoms with Crippen molar-refractivity contribution >= 4 is 11.6 Å². The summed E-state index contributed by atoms with van der Waals surface area (Å²) in [5.41, 5.74) is 0.701. The molecule has 5 heteroatoms. The van der Waals surface area contributed by atoms with Crippen LogP contribution in [-0.4, -0.2) is 30.1 Å². The number of amides is 1. The molecule has 1 aliphatic rings. The Labute approximate surface area is 101 Å². The molecule has 1 saturated heterocycles. The Morgan fingerprint density at radius 2 is 2.53 bits per heavy atom. The minimum absolute atomic E-state index is 0.00783. The second-order valence-electron chi connectivity index (χ2n) is 3.96. The molecule has 1 aromatic rings. The summed E-state index contributed by atoms with van der Waals surface area (Å²) in [6.07, 6.45) is 3.56. The van der Waals surface area contributed by atoms with Crippen molar-refractivity contribution in [2.24, 2.45) is 0 Å². The molecule has 1 aliphatic heterocycles. The van der Waals surface area contributed by atoms with Gasteiger partial charge in [-0.1, -0.05) is 0 Å². The number of carbonyl (C=O) groups is 1. The van der Waals surface area contributed by atoms with Gasteiger partial charge in [0, 0.05) is 6.07 Å². The summed E-state index contributed by atoms with van der Waals surface area (Å²) >= 11 is 0. The molecule has 1 unspecified atom stereocenters. The van der Waals surface area contributed by atoms with E-state index in [-0.39, 0.29) is 11.9 Å².